The van der Waals surface area contributed by atoms with Gasteiger partial charge in [-0.1, -0.05) is 61.8 Å². The molecule has 3 rings (SSSR count). The molecule has 3 aromatic carbocycles. The first kappa shape index (κ1) is 23.4. The number of rotatable bonds is 6. The maximum absolute atomic E-state index is 5.63. The molecule has 0 bridgehead atoms. The molecular formula is C30H32N2. The maximum atomic E-state index is 5.63. The first-order chi connectivity index (χ1) is 15.7. The van der Waals surface area contributed by atoms with E-state index in [1.54, 1.807) is 0 Å². The Labute approximate surface area is 193 Å². The minimum absolute atomic E-state index is 0.666. The third-order valence-corrected chi connectivity index (χ3v) is 5.55. The van der Waals surface area contributed by atoms with Gasteiger partial charge in [-0.3, -0.25) is 0 Å². The van der Waals surface area contributed by atoms with E-state index in [1.165, 1.54) is 22.3 Å². The van der Waals surface area contributed by atoms with Crippen molar-refractivity contribution in [1.29, 1.82) is 0 Å². The molecule has 32 heavy (non-hydrogen) atoms. The van der Waals surface area contributed by atoms with Gasteiger partial charge in [-0.15, -0.1) is 0 Å². The summed E-state index contributed by atoms with van der Waals surface area (Å²) in [4.78, 5) is 0. The van der Waals surface area contributed by atoms with Gasteiger partial charge < -0.3 is 11.5 Å². The molecule has 0 aliphatic heterocycles. The molecule has 0 amide bonds. The standard InChI is InChI=1S/C30H32N2/c1-3-27-21-30(16-14-24-7-11-26(12-8-24)18-20-32)28(4-2)22-29(27)15-13-23-5-9-25(10-6-23)17-19-31/h5-12,21-22H,3-4,17-20,31-32H2,1-2H3. The van der Waals surface area contributed by atoms with Gasteiger partial charge in [0, 0.05) is 22.3 Å². The predicted octanol–water partition coefficient (Wildman–Crippen LogP) is 4.61. The third-order valence-electron chi connectivity index (χ3n) is 5.55. The molecule has 0 aliphatic carbocycles. The normalized spacial score (nSPS) is 10.1. The van der Waals surface area contributed by atoms with Crippen molar-refractivity contribution in [3.63, 3.8) is 0 Å². The van der Waals surface area contributed by atoms with Crippen molar-refractivity contribution < 1.29 is 0 Å². The lowest BCUT2D eigenvalue weighted by molar-refractivity contribution is 0.968. The summed E-state index contributed by atoms with van der Waals surface area (Å²) in [6.45, 7) is 5.67. The Hall–Kier alpha value is -3.30. The summed E-state index contributed by atoms with van der Waals surface area (Å²) >= 11 is 0. The third kappa shape index (κ3) is 6.35. The summed E-state index contributed by atoms with van der Waals surface area (Å²) in [6.07, 6.45) is 3.64. The van der Waals surface area contributed by atoms with Crippen LogP contribution < -0.4 is 11.5 Å². The smallest absolute Gasteiger partial charge is 0.0284 e. The molecule has 0 radical (unpaired) electrons. The number of aryl methyl sites for hydroxylation is 2. The summed E-state index contributed by atoms with van der Waals surface area (Å²) in [5, 5.41) is 0. The Morgan fingerprint density at radius 2 is 0.938 bits per heavy atom. The highest BCUT2D eigenvalue weighted by Crippen LogP contribution is 2.18. The second-order valence-corrected chi connectivity index (χ2v) is 7.84. The van der Waals surface area contributed by atoms with Crippen LogP contribution in [0, 0.1) is 23.7 Å². The largest absolute Gasteiger partial charge is 0.330 e. The van der Waals surface area contributed by atoms with Crippen LogP contribution in [0.4, 0.5) is 0 Å². The zero-order valence-electron chi connectivity index (χ0n) is 19.2. The Kier molecular flexibility index (Phi) is 8.70. The van der Waals surface area contributed by atoms with E-state index in [2.05, 4.69) is 98.2 Å². The van der Waals surface area contributed by atoms with Crippen LogP contribution in [0.15, 0.2) is 60.7 Å². The summed E-state index contributed by atoms with van der Waals surface area (Å²) < 4.78 is 0. The minimum Gasteiger partial charge on any atom is -0.330 e. The molecule has 2 heteroatoms. The number of hydrogen-bond acceptors (Lipinski definition) is 2. The fourth-order valence-corrected chi connectivity index (χ4v) is 3.63. The Morgan fingerprint density at radius 3 is 1.25 bits per heavy atom. The zero-order valence-corrected chi connectivity index (χ0v) is 19.2. The Bertz CT molecular complexity index is 1050. The van der Waals surface area contributed by atoms with Crippen LogP contribution in [-0.2, 0) is 25.7 Å². The van der Waals surface area contributed by atoms with Crippen molar-refractivity contribution in [2.24, 2.45) is 11.5 Å². The van der Waals surface area contributed by atoms with Gasteiger partial charge in [-0.05, 0) is 97.4 Å². The highest BCUT2D eigenvalue weighted by molar-refractivity contribution is 5.55. The first-order valence-electron chi connectivity index (χ1n) is 11.4. The average Bonchev–Trinajstić information content (AvgIpc) is 2.83. The van der Waals surface area contributed by atoms with E-state index in [-0.39, 0.29) is 0 Å². The van der Waals surface area contributed by atoms with Crippen LogP contribution in [0.2, 0.25) is 0 Å². The fraction of sp³-hybridized carbons (Fsp3) is 0.267. The summed E-state index contributed by atoms with van der Waals surface area (Å²) in [5.74, 6) is 13.4. The van der Waals surface area contributed by atoms with Crippen molar-refractivity contribution in [3.8, 4) is 23.7 Å². The van der Waals surface area contributed by atoms with Crippen molar-refractivity contribution >= 4 is 0 Å². The molecule has 0 atom stereocenters. The van der Waals surface area contributed by atoms with Crippen LogP contribution in [0.5, 0.6) is 0 Å². The highest BCUT2D eigenvalue weighted by atomic mass is 14.5. The van der Waals surface area contributed by atoms with E-state index < -0.39 is 0 Å². The van der Waals surface area contributed by atoms with Gasteiger partial charge >= 0.3 is 0 Å². The van der Waals surface area contributed by atoms with Crippen molar-refractivity contribution in [3.05, 3.63) is 105 Å². The van der Waals surface area contributed by atoms with Crippen molar-refractivity contribution in [1.82, 2.24) is 0 Å². The van der Waals surface area contributed by atoms with Gasteiger partial charge in [0.2, 0.25) is 0 Å². The monoisotopic (exact) mass is 420 g/mol. The molecular weight excluding hydrogens is 388 g/mol. The second-order valence-electron chi connectivity index (χ2n) is 7.84. The van der Waals surface area contributed by atoms with Gasteiger partial charge in [0.15, 0.2) is 0 Å². The van der Waals surface area contributed by atoms with E-state index in [0.717, 1.165) is 47.9 Å². The van der Waals surface area contributed by atoms with E-state index in [1.807, 2.05) is 0 Å². The van der Waals surface area contributed by atoms with Gasteiger partial charge in [0.25, 0.3) is 0 Å². The molecule has 0 aromatic heterocycles. The average molecular weight is 421 g/mol. The molecule has 0 unspecified atom stereocenters. The van der Waals surface area contributed by atoms with Crippen LogP contribution in [0.1, 0.15) is 58.4 Å². The number of hydrogen-bond donors (Lipinski definition) is 2. The first-order valence-corrected chi connectivity index (χ1v) is 11.4. The second kappa shape index (κ2) is 11.9. The van der Waals surface area contributed by atoms with Gasteiger partial charge in [-0.25, -0.2) is 0 Å². The quantitative estimate of drug-likeness (QED) is 0.572. The molecule has 0 spiro atoms. The molecule has 3 aromatic rings. The topological polar surface area (TPSA) is 52.0 Å². The number of benzene rings is 3. The highest BCUT2D eigenvalue weighted by Gasteiger charge is 2.06. The molecule has 4 N–H and O–H groups in total. The molecule has 0 heterocycles. The minimum atomic E-state index is 0.666. The van der Waals surface area contributed by atoms with E-state index in [0.29, 0.717) is 13.1 Å². The molecule has 0 aliphatic rings. The van der Waals surface area contributed by atoms with Gasteiger partial charge in [0.1, 0.15) is 0 Å². The lowest BCUT2D eigenvalue weighted by atomic mass is 9.95. The SMILES string of the molecule is CCc1cc(C#Cc2ccc(CCN)cc2)c(CC)cc1C#Cc1ccc(CCN)cc1. The summed E-state index contributed by atoms with van der Waals surface area (Å²) in [6, 6.07) is 21.1. The molecule has 0 saturated heterocycles. The van der Waals surface area contributed by atoms with E-state index in [9.17, 15) is 0 Å². The van der Waals surface area contributed by atoms with Gasteiger partial charge in [0.05, 0.1) is 0 Å². The van der Waals surface area contributed by atoms with Crippen LogP contribution in [0.3, 0.4) is 0 Å². The van der Waals surface area contributed by atoms with Gasteiger partial charge in [-0.2, -0.15) is 0 Å². The van der Waals surface area contributed by atoms with Crippen LogP contribution in [0.25, 0.3) is 0 Å². The summed E-state index contributed by atoms with van der Waals surface area (Å²) in [7, 11) is 0. The van der Waals surface area contributed by atoms with Crippen LogP contribution in [-0.4, -0.2) is 13.1 Å². The molecule has 2 nitrogen and oxygen atoms in total. The van der Waals surface area contributed by atoms with Crippen LogP contribution >= 0.6 is 0 Å². The molecule has 0 fully saturated rings. The zero-order chi connectivity index (χ0) is 22.8. The Balaban J connectivity index is 1.87. The Morgan fingerprint density at radius 1 is 0.562 bits per heavy atom. The maximum Gasteiger partial charge on any atom is 0.0284 e. The number of nitrogens with two attached hydrogens (primary N) is 2. The predicted molar refractivity (Wildman–Crippen MR) is 136 cm³/mol. The van der Waals surface area contributed by atoms with Crippen molar-refractivity contribution in [2.45, 2.75) is 39.5 Å². The fourth-order valence-electron chi connectivity index (χ4n) is 3.63. The lowest BCUT2D eigenvalue weighted by Gasteiger charge is -2.08. The van der Waals surface area contributed by atoms with E-state index >= 15 is 0 Å². The lowest BCUT2D eigenvalue weighted by Crippen LogP contribution is -2.02. The molecule has 0 saturated carbocycles. The van der Waals surface area contributed by atoms with Crippen molar-refractivity contribution in [2.75, 3.05) is 13.1 Å². The summed E-state index contributed by atoms with van der Waals surface area (Å²) in [5.41, 5.74) is 20.5. The molecule has 162 valence electrons. The van der Waals surface area contributed by atoms with E-state index in [4.69, 9.17) is 11.5 Å².